The lowest BCUT2D eigenvalue weighted by atomic mass is 9.95. The van der Waals surface area contributed by atoms with Crippen LogP contribution < -0.4 is 5.32 Å². The summed E-state index contributed by atoms with van der Waals surface area (Å²) in [5.74, 6) is -2.36. The third kappa shape index (κ3) is 6.77. The highest BCUT2D eigenvalue weighted by atomic mass is 32.2. The van der Waals surface area contributed by atoms with E-state index in [1.54, 1.807) is 20.8 Å². The Morgan fingerprint density at radius 2 is 1.55 bits per heavy atom. The Hall–Kier alpha value is -1.11. The Morgan fingerprint density at radius 1 is 1.09 bits per heavy atom. The van der Waals surface area contributed by atoms with E-state index in [0.717, 1.165) is 12.8 Å². The summed E-state index contributed by atoms with van der Waals surface area (Å²) in [7, 11) is -3.58. The summed E-state index contributed by atoms with van der Waals surface area (Å²) in [5, 5.41) is 11.0. The molecule has 0 aliphatic heterocycles. The lowest BCUT2D eigenvalue weighted by Gasteiger charge is -2.23. The average molecular weight is 335 g/mol. The Balaban J connectivity index is 5.15. The smallest absolute Gasteiger partial charge is 0.327 e. The van der Waals surface area contributed by atoms with E-state index in [1.165, 1.54) is 0 Å². The van der Waals surface area contributed by atoms with E-state index in [0.29, 0.717) is 12.8 Å². The van der Waals surface area contributed by atoms with Crippen molar-refractivity contribution >= 4 is 21.7 Å². The number of carbonyl (C=O) groups excluding carboxylic acids is 1. The highest BCUT2D eigenvalue weighted by Gasteiger charge is 2.34. The molecule has 0 heterocycles. The summed E-state index contributed by atoms with van der Waals surface area (Å²) in [6.45, 7) is 8.73. The Bertz CT molecular complexity index is 473. The van der Waals surface area contributed by atoms with E-state index in [1.807, 2.05) is 13.8 Å². The van der Waals surface area contributed by atoms with Gasteiger partial charge in [0, 0.05) is 5.41 Å². The van der Waals surface area contributed by atoms with Gasteiger partial charge in [-0.15, -0.1) is 0 Å². The van der Waals surface area contributed by atoms with Crippen molar-refractivity contribution in [3.63, 3.8) is 0 Å². The molecular formula is C15H29NO5S. The second kappa shape index (κ2) is 8.50. The minimum absolute atomic E-state index is 0.474. The van der Waals surface area contributed by atoms with Gasteiger partial charge in [-0.25, -0.2) is 13.2 Å². The van der Waals surface area contributed by atoms with Crippen LogP contribution in [-0.4, -0.2) is 42.4 Å². The van der Waals surface area contributed by atoms with Gasteiger partial charge in [-0.3, -0.25) is 4.79 Å². The van der Waals surface area contributed by atoms with E-state index < -0.39 is 44.2 Å². The molecule has 7 heteroatoms. The number of amides is 1. The van der Waals surface area contributed by atoms with Crippen molar-refractivity contribution in [1.82, 2.24) is 5.32 Å². The van der Waals surface area contributed by atoms with Crippen molar-refractivity contribution in [2.24, 2.45) is 5.41 Å². The lowest BCUT2D eigenvalue weighted by Crippen LogP contribution is -2.50. The third-order valence-electron chi connectivity index (χ3n) is 3.41. The van der Waals surface area contributed by atoms with Gasteiger partial charge in [-0.1, -0.05) is 47.5 Å². The van der Waals surface area contributed by atoms with Crippen molar-refractivity contribution in [1.29, 1.82) is 0 Å². The summed E-state index contributed by atoms with van der Waals surface area (Å²) in [5.41, 5.74) is -0.774. The molecule has 0 radical (unpaired) electrons. The van der Waals surface area contributed by atoms with Gasteiger partial charge >= 0.3 is 5.97 Å². The van der Waals surface area contributed by atoms with Crippen LogP contribution in [0.2, 0.25) is 0 Å². The number of hydrogen-bond acceptors (Lipinski definition) is 4. The molecule has 1 amide bonds. The van der Waals surface area contributed by atoms with Gasteiger partial charge < -0.3 is 10.4 Å². The fourth-order valence-electron chi connectivity index (χ4n) is 2.07. The van der Waals surface area contributed by atoms with Crippen LogP contribution in [0.25, 0.3) is 0 Å². The summed E-state index contributed by atoms with van der Waals surface area (Å²) in [6, 6.07) is -1.41. The van der Waals surface area contributed by atoms with Crippen LogP contribution >= 0.6 is 0 Å². The molecule has 6 nitrogen and oxygen atoms in total. The van der Waals surface area contributed by atoms with Crippen LogP contribution in [0.15, 0.2) is 0 Å². The molecular weight excluding hydrogens is 306 g/mol. The minimum atomic E-state index is -3.58. The molecule has 0 bridgehead atoms. The quantitative estimate of drug-likeness (QED) is 0.671. The van der Waals surface area contributed by atoms with Gasteiger partial charge in [0.25, 0.3) is 0 Å². The van der Waals surface area contributed by atoms with Gasteiger partial charge in [0.1, 0.15) is 6.04 Å². The van der Waals surface area contributed by atoms with Crippen molar-refractivity contribution in [2.75, 3.05) is 5.75 Å². The predicted octanol–water partition coefficient (Wildman–Crippen LogP) is 1.99. The maximum atomic E-state index is 12.4. The first-order valence-electron chi connectivity index (χ1n) is 7.71. The molecule has 0 aliphatic rings. The molecule has 0 aromatic carbocycles. The SMILES string of the molecule is CCCC(CCC)S(=O)(=O)C[C@@H](NC(=O)C(C)(C)C)C(=O)O. The zero-order chi connectivity index (χ0) is 17.6. The molecule has 130 valence electrons. The van der Waals surface area contributed by atoms with E-state index >= 15 is 0 Å². The Morgan fingerprint density at radius 3 is 1.86 bits per heavy atom. The summed E-state index contributed by atoms with van der Waals surface area (Å²) < 4.78 is 24.9. The topological polar surface area (TPSA) is 101 Å². The summed E-state index contributed by atoms with van der Waals surface area (Å²) in [6.07, 6.45) is 2.46. The van der Waals surface area contributed by atoms with E-state index in [2.05, 4.69) is 5.32 Å². The number of carboxylic acid groups (broad SMARTS) is 1. The van der Waals surface area contributed by atoms with Crippen LogP contribution in [-0.2, 0) is 19.4 Å². The standard InChI is InChI=1S/C15H29NO5S/c1-6-8-11(9-7-2)22(20,21)10-12(13(17)18)16-14(19)15(3,4)5/h11-12H,6-10H2,1-5H3,(H,16,19)(H,17,18)/t12-/m1/s1. The van der Waals surface area contributed by atoms with E-state index in [-0.39, 0.29) is 0 Å². The highest BCUT2D eigenvalue weighted by Crippen LogP contribution is 2.18. The maximum Gasteiger partial charge on any atom is 0.327 e. The van der Waals surface area contributed by atoms with Crippen molar-refractivity contribution in [3.05, 3.63) is 0 Å². The Kier molecular flexibility index (Phi) is 8.07. The molecule has 1 atom stereocenters. The molecule has 2 N–H and O–H groups in total. The minimum Gasteiger partial charge on any atom is -0.480 e. The number of rotatable bonds is 9. The largest absolute Gasteiger partial charge is 0.480 e. The number of sulfone groups is 1. The van der Waals surface area contributed by atoms with Gasteiger partial charge in [-0.05, 0) is 12.8 Å². The molecule has 0 unspecified atom stereocenters. The van der Waals surface area contributed by atoms with Crippen molar-refractivity contribution < 1.29 is 23.1 Å². The number of aliphatic carboxylic acids is 1. The van der Waals surface area contributed by atoms with Gasteiger partial charge in [0.2, 0.25) is 5.91 Å². The number of hydrogen-bond donors (Lipinski definition) is 2. The summed E-state index contributed by atoms with van der Waals surface area (Å²) in [4.78, 5) is 23.2. The van der Waals surface area contributed by atoms with E-state index in [4.69, 9.17) is 0 Å². The molecule has 0 aliphatic carbocycles. The first kappa shape index (κ1) is 20.9. The average Bonchev–Trinajstić information content (AvgIpc) is 2.36. The zero-order valence-electron chi connectivity index (χ0n) is 14.2. The van der Waals surface area contributed by atoms with Crippen LogP contribution in [0, 0.1) is 5.41 Å². The third-order valence-corrected chi connectivity index (χ3v) is 5.70. The number of nitrogens with one attached hydrogen (secondary N) is 1. The monoisotopic (exact) mass is 335 g/mol. The first-order chi connectivity index (χ1) is 9.95. The van der Waals surface area contributed by atoms with Crippen LogP contribution in [0.1, 0.15) is 60.3 Å². The number of carboxylic acids is 1. The molecule has 0 rings (SSSR count). The highest BCUT2D eigenvalue weighted by molar-refractivity contribution is 7.92. The molecule has 0 aromatic rings. The molecule has 0 spiro atoms. The molecule has 22 heavy (non-hydrogen) atoms. The fraction of sp³-hybridized carbons (Fsp3) is 0.867. The maximum absolute atomic E-state index is 12.4. The van der Waals surface area contributed by atoms with Crippen LogP contribution in [0.4, 0.5) is 0 Å². The van der Waals surface area contributed by atoms with E-state index in [9.17, 15) is 23.1 Å². The lowest BCUT2D eigenvalue weighted by molar-refractivity contribution is -0.142. The first-order valence-corrected chi connectivity index (χ1v) is 9.42. The molecule has 0 saturated carbocycles. The number of carbonyl (C=O) groups is 2. The van der Waals surface area contributed by atoms with Crippen molar-refractivity contribution in [3.8, 4) is 0 Å². The van der Waals surface area contributed by atoms with Gasteiger partial charge in [-0.2, -0.15) is 0 Å². The fourth-order valence-corrected chi connectivity index (χ4v) is 4.22. The molecule has 0 saturated heterocycles. The van der Waals surface area contributed by atoms with Crippen molar-refractivity contribution in [2.45, 2.75) is 71.6 Å². The Labute approximate surface area is 133 Å². The molecule has 0 aromatic heterocycles. The second-order valence-corrected chi connectivity index (χ2v) is 8.97. The second-order valence-electron chi connectivity index (χ2n) is 6.64. The van der Waals surface area contributed by atoms with Gasteiger partial charge in [0.05, 0.1) is 11.0 Å². The van der Waals surface area contributed by atoms with Gasteiger partial charge in [0.15, 0.2) is 9.84 Å². The normalized spacial score (nSPS) is 13.9. The molecule has 0 fully saturated rings. The van der Waals surface area contributed by atoms with Crippen LogP contribution in [0.3, 0.4) is 0 Å². The zero-order valence-corrected chi connectivity index (χ0v) is 15.0. The predicted molar refractivity (Wildman–Crippen MR) is 86.4 cm³/mol. The summed E-state index contributed by atoms with van der Waals surface area (Å²) >= 11 is 0. The van der Waals surface area contributed by atoms with Crippen LogP contribution in [0.5, 0.6) is 0 Å².